The SMILES string of the molecule is CCC(C)c1nc(N2CCC(C)CC2)sc1CN. The standard InChI is InChI=1S/C14H25N3S/c1-4-11(3)13-12(9-15)18-14(16-13)17-7-5-10(2)6-8-17/h10-11H,4-9,15H2,1-3H3. The number of anilines is 1. The highest BCUT2D eigenvalue weighted by molar-refractivity contribution is 7.15. The summed E-state index contributed by atoms with van der Waals surface area (Å²) in [6.45, 7) is 9.73. The second-order valence-electron chi connectivity index (χ2n) is 5.49. The molecule has 102 valence electrons. The van der Waals surface area contributed by atoms with Gasteiger partial charge in [-0.3, -0.25) is 0 Å². The van der Waals surface area contributed by atoms with Crippen molar-refractivity contribution in [2.45, 2.75) is 52.5 Å². The normalized spacial score (nSPS) is 19.2. The molecular weight excluding hydrogens is 242 g/mol. The molecular formula is C14H25N3S. The molecule has 0 saturated carbocycles. The van der Waals surface area contributed by atoms with E-state index < -0.39 is 0 Å². The minimum Gasteiger partial charge on any atom is -0.348 e. The van der Waals surface area contributed by atoms with Crippen LogP contribution in [0.25, 0.3) is 0 Å². The summed E-state index contributed by atoms with van der Waals surface area (Å²) >= 11 is 1.80. The topological polar surface area (TPSA) is 42.2 Å². The fourth-order valence-electron chi connectivity index (χ4n) is 2.41. The zero-order chi connectivity index (χ0) is 13.1. The van der Waals surface area contributed by atoms with Crippen molar-refractivity contribution in [2.75, 3.05) is 18.0 Å². The molecule has 1 aliphatic heterocycles. The number of nitrogens with zero attached hydrogens (tertiary/aromatic N) is 2. The van der Waals surface area contributed by atoms with E-state index in [1.54, 1.807) is 11.3 Å². The first-order valence-electron chi connectivity index (χ1n) is 7.10. The summed E-state index contributed by atoms with van der Waals surface area (Å²) in [5, 5.41) is 1.19. The lowest BCUT2D eigenvalue weighted by molar-refractivity contribution is 0.438. The Bertz CT molecular complexity index is 380. The molecule has 0 radical (unpaired) electrons. The molecule has 1 aliphatic rings. The maximum absolute atomic E-state index is 5.86. The molecule has 0 bridgehead atoms. The maximum atomic E-state index is 5.86. The van der Waals surface area contributed by atoms with Gasteiger partial charge in [-0.25, -0.2) is 4.98 Å². The summed E-state index contributed by atoms with van der Waals surface area (Å²) in [5.74, 6) is 1.39. The molecule has 0 spiro atoms. The van der Waals surface area contributed by atoms with Gasteiger partial charge in [0.1, 0.15) is 0 Å². The van der Waals surface area contributed by atoms with Gasteiger partial charge in [0.2, 0.25) is 0 Å². The Morgan fingerprint density at radius 2 is 2.11 bits per heavy atom. The third-order valence-electron chi connectivity index (χ3n) is 4.03. The first kappa shape index (κ1) is 13.8. The lowest BCUT2D eigenvalue weighted by Crippen LogP contribution is -2.32. The quantitative estimate of drug-likeness (QED) is 0.909. The van der Waals surface area contributed by atoms with Crippen LogP contribution in [0.5, 0.6) is 0 Å². The Hall–Kier alpha value is -0.610. The van der Waals surface area contributed by atoms with E-state index in [1.807, 2.05) is 0 Å². The molecule has 2 N–H and O–H groups in total. The molecule has 0 amide bonds. The largest absolute Gasteiger partial charge is 0.348 e. The highest BCUT2D eigenvalue weighted by atomic mass is 32.1. The van der Waals surface area contributed by atoms with Gasteiger partial charge in [-0.05, 0) is 31.1 Å². The molecule has 4 heteroatoms. The van der Waals surface area contributed by atoms with Gasteiger partial charge in [0.25, 0.3) is 0 Å². The first-order valence-corrected chi connectivity index (χ1v) is 7.92. The Labute approximate surface area is 114 Å². The molecule has 1 fully saturated rings. The van der Waals surface area contributed by atoms with Crippen LogP contribution < -0.4 is 10.6 Å². The Balaban J connectivity index is 2.16. The third-order valence-corrected chi connectivity index (χ3v) is 5.19. The predicted molar refractivity (Wildman–Crippen MR) is 79.3 cm³/mol. The summed E-state index contributed by atoms with van der Waals surface area (Å²) in [4.78, 5) is 8.58. The molecule has 2 heterocycles. The number of piperidine rings is 1. The monoisotopic (exact) mass is 267 g/mol. The van der Waals surface area contributed by atoms with Crippen LogP contribution in [0.1, 0.15) is 56.5 Å². The fourth-order valence-corrected chi connectivity index (χ4v) is 3.52. The van der Waals surface area contributed by atoms with Gasteiger partial charge >= 0.3 is 0 Å². The van der Waals surface area contributed by atoms with Crippen molar-refractivity contribution in [3.8, 4) is 0 Å². The average molecular weight is 267 g/mol. The van der Waals surface area contributed by atoms with Crippen LogP contribution >= 0.6 is 11.3 Å². The molecule has 0 aromatic carbocycles. The van der Waals surface area contributed by atoms with Crippen molar-refractivity contribution in [3.63, 3.8) is 0 Å². The van der Waals surface area contributed by atoms with Crippen LogP contribution in [0.4, 0.5) is 5.13 Å². The van der Waals surface area contributed by atoms with E-state index in [4.69, 9.17) is 10.7 Å². The molecule has 1 unspecified atom stereocenters. The second-order valence-corrected chi connectivity index (χ2v) is 6.55. The van der Waals surface area contributed by atoms with E-state index in [-0.39, 0.29) is 0 Å². The lowest BCUT2D eigenvalue weighted by Gasteiger charge is -2.29. The van der Waals surface area contributed by atoms with Crippen LogP contribution in [-0.2, 0) is 6.54 Å². The predicted octanol–water partition coefficient (Wildman–Crippen LogP) is 3.35. The van der Waals surface area contributed by atoms with Gasteiger partial charge in [-0.15, -0.1) is 11.3 Å². The third kappa shape index (κ3) is 2.86. The Kier molecular flexibility index (Phi) is 4.62. The van der Waals surface area contributed by atoms with Crippen molar-refractivity contribution in [2.24, 2.45) is 11.7 Å². The minimum absolute atomic E-state index is 0.525. The van der Waals surface area contributed by atoms with Gasteiger partial charge in [-0.2, -0.15) is 0 Å². The minimum atomic E-state index is 0.525. The Morgan fingerprint density at radius 3 is 2.67 bits per heavy atom. The summed E-state index contributed by atoms with van der Waals surface area (Å²) in [7, 11) is 0. The number of thiazole rings is 1. The van der Waals surface area contributed by atoms with E-state index in [2.05, 4.69) is 25.7 Å². The van der Waals surface area contributed by atoms with Crippen molar-refractivity contribution < 1.29 is 0 Å². The van der Waals surface area contributed by atoms with Gasteiger partial charge in [0.15, 0.2) is 5.13 Å². The van der Waals surface area contributed by atoms with Crippen LogP contribution in [0.3, 0.4) is 0 Å². The lowest BCUT2D eigenvalue weighted by atomic mass is 10.00. The molecule has 1 aromatic heterocycles. The van der Waals surface area contributed by atoms with Gasteiger partial charge in [0.05, 0.1) is 5.69 Å². The second kappa shape index (κ2) is 6.02. The molecule has 1 aromatic rings. The zero-order valence-corrected chi connectivity index (χ0v) is 12.6. The number of hydrogen-bond donors (Lipinski definition) is 1. The molecule has 0 aliphatic carbocycles. The summed E-state index contributed by atoms with van der Waals surface area (Å²) < 4.78 is 0. The van der Waals surface area contributed by atoms with Crippen LogP contribution in [0.15, 0.2) is 0 Å². The fraction of sp³-hybridized carbons (Fsp3) is 0.786. The van der Waals surface area contributed by atoms with Gasteiger partial charge in [0, 0.05) is 24.5 Å². The summed E-state index contributed by atoms with van der Waals surface area (Å²) in [6, 6.07) is 0. The summed E-state index contributed by atoms with van der Waals surface area (Å²) in [6.07, 6.45) is 3.71. The number of nitrogens with two attached hydrogens (primary N) is 1. The van der Waals surface area contributed by atoms with E-state index in [9.17, 15) is 0 Å². The van der Waals surface area contributed by atoms with Crippen LogP contribution in [-0.4, -0.2) is 18.1 Å². The van der Waals surface area contributed by atoms with Gasteiger partial charge < -0.3 is 10.6 Å². The van der Waals surface area contributed by atoms with Crippen molar-refractivity contribution in [1.82, 2.24) is 4.98 Å². The first-order chi connectivity index (χ1) is 8.65. The van der Waals surface area contributed by atoms with Crippen molar-refractivity contribution in [1.29, 1.82) is 0 Å². The van der Waals surface area contributed by atoms with E-state index in [0.717, 1.165) is 25.4 Å². The van der Waals surface area contributed by atoms with Crippen molar-refractivity contribution in [3.05, 3.63) is 10.6 Å². The van der Waals surface area contributed by atoms with E-state index in [1.165, 1.54) is 28.5 Å². The average Bonchev–Trinajstić information content (AvgIpc) is 2.82. The van der Waals surface area contributed by atoms with Gasteiger partial charge in [-0.1, -0.05) is 20.8 Å². The zero-order valence-electron chi connectivity index (χ0n) is 11.8. The van der Waals surface area contributed by atoms with E-state index >= 15 is 0 Å². The Morgan fingerprint density at radius 1 is 1.44 bits per heavy atom. The molecule has 1 saturated heterocycles. The van der Waals surface area contributed by atoms with Crippen LogP contribution in [0.2, 0.25) is 0 Å². The molecule has 18 heavy (non-hydrogen) atoms. The maximum Gasteiger partial charge on any atom is 0.185 e. The van der Waals surface area contributed by atoms with Crippen LogP contribution in [0, 0.1) is 5.92 Å². The highest BCUT2D eigenvalue weighted by Crippen LogP contribution is 2.33. The number of rotatable bonds is 4. The number of hydrogen-bond acceptors (Lipinski definition) is 4. The number of aromatic nitrogens is 1. The molecule has 3 nitrogen and oxygen atoms in total. The molecule has 1 atom stereocenters. The van der Waals surface area contributed by atoms with Crippen molar-refractivity contribution >= 4 is 16.5 Å². The van der Waals surface area contributed by atoms with E-state index in [0.29, 0.717) is 12.5 Å². The molecule has 2 rings (SSSR count). The highest BCUT2D eigenvalue weighted by Gasteiger charge is 2.21. The summed E-state index contributed by atoms with van der Waals surface area (Å²) in [5.41, 5.74) is 7.09. The smallest absolute Gasteiger partial charge is 0.185 e.